The second-order valence-corrected chi connectivity index (χ2v) is 12.9. The highest BCUT2D eigenvalue weighted by atomic mass is 19.1. The molecular formula is C33H38FN7O4. The van der Waals surface area contributed by atoms with E-state index in [0.29, 0.717) is 46.2 Å². The van der Waals surface area contributed by atoms with Crippen LogP contribution in [0.5, 0.6) is 11.9 Å². The summed E-state index contributed by atoms with van der Waals surface area (Å²) in [6.07, 6.45) is 8.89. The predicted octanol–water partition coefficient (Wildman–Crippen LogP) is 3.06. The van der Waals surface area contributed by atoms with Crippen LogP contribution in [0.3, 0.4) is 0 Å². The average Bonchev–Trinajstić information content (AvgIpc) is 3.76. The lowest BCUT2D eigenvalue weighted by molar-refractivity contribution is 0.0527. The topological polar surface area (TPSA) is 129 Å². The van der Waals surface area contributed by atoms with Gasteiger partial charge in [-0.2, -0.15) is 9.97 Å². The van der Waals surface area contributed by atoms with Crippen LogP contribution in [-0.4, -0.2) is 105 Å². The van der Waals surface area contributed by atoms with Gasteiger partial charge in [0.2, 0.25) is 5.88 Å². The zero-order valence-electron chi connectivity index (χ0n) is 25.2. The summed E-state index contributed by atoms with van der Waals surface area (Å²) in [5.41, 5.74) is 0.805. The number of aromatic nitrogens is 4. The minimum atomic E-state index is -1.04. The van der Waals surface area contributed by atoms with E-state index in [2.05, 4.69) is 25.1 Å². The number of anilines is 1. The van der Waals surface area contributed by atoms with Gasteiger partial charge in [-0.3, -0.25) is 9.88 Å². The van der Waals surface area contributed by atoms with Crippen molar-refractivity contribution < 1.29 is 24.1 Å². The maximum atomic E-state index is 16.8. The SMILES string of the molecule is OCC(O)COc1ncc(-c2ncc3c(N4CC5CCC(C4)N5)nc(OCC45CCCN4CCC5)nc3c2F)c2ccccc12. The van der Waals surface area contributed by atoms with Crippen molar-refractivity contribution in [1.82, 2.24) is 30.2 Å². The molecule has 8 rings (SSSR count). The molecule has 45 heavy (non-hydrogen) atoms. The molecule has 3 N–H and O–H groups in total. The fraction of sp³-hybridized carbons (Fsp3) is 0.515. The monoisotopic (exact) mass is 615 g/mol. The van der Waals surface area contributed by atoms with Crippen LogP contribution in [0.25, 0.3) is 32.9 Å². The quantitative estimate of drug-likeness (QED) is 0.257. The first kappa shape index (κ1) is 28.7. The maximum Gasteiger partial charge on any atom is 0.319 e. The summed E-state index contributed by atoms with van der Waals surface area (Å²) in [5, 5.41) is 24.5. The first-order chi connectivity index (χ1) is 22.0. The molecule has 4 saturated heterocycles. The van der Waals surface area contributed by atoms with Crippen LogP contribution in [0.4, 0.5) is 10.2 Å². The van der Waals surface area contributed by atoms with E-state index in [-0.39, 0.29) is 35.2 Å². The van der Waals surface area contributed by atoms with Gasteiger partial charge < -0.3 is 29.9 Å². The summed E-state index contributed by atoms with van der Waals surface area (Å²) < 4.78 is 28.8. The van der Waals surface area contributed by atoms with Crippen LogP contribution in [0, 0.1) is 5.82 Å². The Morgan fingerprint density at radius 1 is 0.978 bits per heavy atom. The Morgan fingerprint density at radius 2 is 1.73 bits per heavy atom. The zero-order chi connectivity index (χ0) is 30.5. The number of hydrogen-bond acceptors (Lipinski definition) is 11. The van der Waals surface area contributed by atoms with E-state index in [0.717, 1.165) is 64.7 Å². The molecule has 0 saturated carbocycles. The molecule has 4 aliphatic heterocycles. The van der Waals surface area contributed by atoms with Gasteiger partial charge in [0.1, 0.15) is 36.3 Å². The number of fused-ring (bicyclic) bond motifs is 5. The van der Waals surface area contributed by atoms with Gasteiger partial charge >= 0.3 is 6.01 Å². The second kappa shape index (κ2) is 11.6. The third-order valence-electron chi connectivity index (χ3n) is 10.1. The third-order valence-corrected chi connectivity index (χ3v) is 10.1. The van der Waals surface area contributed by atoms with Crippen molar-refractivity contribution in [2.24, 2.45) is 0 Å². The van der Waals surface area contributed by atoms with E-state index in [1.54, 1.807) is 6.20 Å². The fourth-order valence-electron chi connectivity index (χ4n) is 7.84. The number of benzene rings is 1. The summed E-state index contributed by atoms with van der Waals surface area (Å²) in [5.74, 6) is 0.383. The van der Waals surface area contributed by atoms with Crippen molar-refractivity contribution in [2.75, 3.05) is 50.9 Å². The number of nitrogens with zero attached hydrogens (tertiary/aromatic N) is 6. The minimum Gasteiger partial charge on any atom is -0.474 e. The molecule has 2 bridgehead atoms. The number of ether oxygens (including phenoxy) is 2. The summed E-state index contributed by atoms with van der Waals surface area (Å²) >= 11 is 0. The Bertz CT molecular complexity index is 1720. The zero-order valence-corrected chi connectivity index (χ0v) is 25.2. The molecule has 7 heterocycles. The van der Waals surface area contributed by atoms with Crippen LogP contribution in [-0.2, 0) is 0 Å². The van der Waals surface area contributed by atoms with E-state index in [9.17, 15) is 10.2 Å². The first-order valence-corrected chi connectivity index (χ1v) is 16.1. The molecule has 12 heteroatoms. The van der Waals surface area contributed by atoms with Crippen LogP contribution in [0.2, 0.25) is 0 Å². The van der Waals surface area contributed by atoms with Crippen LogP contribution in [0.1, 0.15) is 38.5 Å². The van der Waals surface area contributed by atoms with Gasteiger partial charge in [-0.05, 0) is 63.1 Å². The lowest BCUT2D eigenvalue weighted by Crippen LogP contribution is -2.51. The molecule has 236 valence electrons. The molecule has 0 spiro atoms. The number of pyridine rings is 2. The standard InChI is InChI=1S/C33H38FN7O4/c34-27-28(25-13-36-31(44-18-22(43)17-42)24-6-2-1-5-23(24)25)35-14-26-29(27)38-32(45-19-33-9-3-11-41(33)12-4-10-33)39-30(26)40-15-20-7-8-21(16-40)37-20/h1-2,5-6,13-14,20-22,37,42-43H,3-4,7-12,15-19H2. The lowest BCUT2D eigenvalue weighted by Gasteiger charge is -2.34. The molecule has 3 aromatic heterocycles. The average molecular weight is 616 g/mol. The summed E-state index contributed by atoms with van der Waals surface area (Å²) in [6.45, 7) is 3.69. The summed E-state index contributed by atoms with van der Waals surface area (Å²) in [6, 6.07) is 8.32. The number of piperazine rings is 1. The number of aliphatic hydroxyl groups excluding tert-OH is 2. The highest BCUT2D eigenvalue weighted by molar-refractivity contribution is 6.00. The smallest absolute Gasteiger partial charge is 0.319 e. The van der Waals surface area contributed by atoms with Gasteiger partial charge in [-0.15, -0.1) is 0 Å². The molecule has 3 unspecified atom stereocenters. The van der Waals surface area contributed by atoms with E-state index < -0.39 is 18.5 Å². The second-order valence-electron chi connectivity index (χ2n) is 12.9. The molecule has 0 radical (unpaired) electrons. The first-order valence-electron chi connectivity index (χ1n) is 16.1. The Balaban J connectivity index is 1.21. The van der Waals surface area contributed by atoms with E-state index in [1.165, 1.54) is 6.20 Å². The number of rotatable bonds is 9. The molecule has 4 fully saturated rings. The van der Waals surface area contributed by atoms with Gasteiger partial charge in [0.05, 0.1) is 17.5 Å². The molecular weight excluding hydrogens is 577 g/mol. The van der Waals surface area contributed by atoms with Crippen molar-refractivity contribution >= 4 is 27.5 Å². The molecule has 4 aliphatic rings. The Labute approximate surface area is 260 Å². The van der Waals surface area contributed by atoms with E-state index in [1.807, 2.05) is 24.3 Å². The number of halogens is 1. The highest BCUT2D eigenvalue weighted by Crippen LogP contribution is 2.40. The molecule has 3 atom stereocenters. The van der Waals surface area contributed by atoms with Crippen molar-refractivity contribution in [3.05, 3.63) is 42.5 Å². The van der Waals surface area contributed by atoms with Crippen molar-refractivity contribution in [2.45, 2.75) is 62.3 Å². The van der Waals surface area contributed by atoms with Gasteiger partial charge in [-0.25, -0.2) is 9.37 Å². The van der Waals surface area contributed by atoms with Crippen LogP contribution in [0.15, 0.2) is 36.7 Å². The Kier molecular flexibility index (Phi) is 7.40. The third kappa shape index (κ3) is 5.13. The maximum absolute atomic E-state index is 16.8. The van der Waals surface area contributed by atoms with Gasteiger partial charge in [0, 0.05) is 48.5 Å². The fourth-order valence-corrected chi connectivity index (χ4v) is 7.84. The summed E-state index contributed by atoms with van der Waals surface area (Å²) in [4.78, 5) is 23.4. The number of nitrogens with one attached hydrogen (secondary N) is 1. The Morgan fingerprint density at radius 3 is 2.49 bits per heavy atom. The van der Waals surface area contributed by atoms with Crippen molar-refractivity contribution in [3.8, 4) is 23.1 Å². The number of aliphatic hydroxyl groups is 2. The molecule has 4 aromatic rings. The van der Waals surface area contributed by atoms with Crippen molar-refractivity contribution in [1.29, 1.82) is 0 Å². The minimum absolute atomic E-state index is 0.0101. The molecule has 0 aliphatic carbocycles. The molecule has 1 aromatic carbocycles. The number of hydrogen-bond donors (Lipinski definition) is 3. The Hall–Kier alpha value is -3.71. The lowest BCUT2D eigenvalue weighted by atomic mass is 9.95. The largest absolute Gasteiger partial charge is 0.474 e. The van der Waals surface area contributed by atoms with Gasteiger partial charge in [-0.1, -0.05) is 18.2 Å². The van der Waals surface area contributed by atoms with Crippen LogP contribution < -0.4 is 19.7 Å². The normalized spacial score (nSPS) is 23.1. The van der Waals surface area contributed by atoms with Gasteiger partial charge in [0.25, 0.3) is 0 Å². The van der Waals surface area contributed by atoms with Crippen LogP contribution >= 0.6 is 0 Å². The van der Waals surface area contributed by atoms with E-state index >= 15 is 4.39 Å². The van der Waals surface area contributed by atoms with Crippen molar-refractivity contribution in [3.63, 3.8) is 0 Å². The highest BCUT2D eigenvalue weighted by Gasteiger charge is 2.45. The molecule has 11 nitrogen and oxygen atoms in total. The van der Waals surface area contributed by atoms with E-state index in [4.69, 9.17) is 19.4 Å². The summed E-state index contributed by atoms with van der Waals surface area (Å²) in [7, 11) is 0. The molecule has 0 amide bonds. The predicted molar refractivity (Wildman–Crippen MR) is 167 cm³/mol. The van der Waals surface area contributed by atoms with Gasteiger partial charge in [0.15, 0.2) is 5.82 Å².